The normalized spacial score (nSPS) is 12.1. The molecule has 0 saturated carbocycles. The summed E-state index contributed by atoms with van der Waals surface area (Å²) < 4.78 is 22.8. The molecule has 8 heteroatoms. The molecule has 92 valence electrons. The van der Waals surface area contributed by atoms with Crippen molar-refractivity contribution in [2.45, 2.75) is 4.90 Å². The van der Waals surface area contributed by atoms with Crippen LogP contribution in [-0.2, 0) is 10.0 Å². The highest BCUT2D eigenvalue weighted by atomic mass is 32.2. The van der Waals surface area contributed by atoms with E-state index in [1.807, 2.05) is 0 Å². The van der Waals surface area contributed by atoms with Gasteiger partial charge in [0.05, 0.1) is 5.69 Å². The van der Waals surface area contributed by atoms with Crippen LogP contribution in [0.15, 0.2) is 35.6 Å². The number of aromatic amines is 2. The van der Waals surface area contributed by atoms with Crippen LogP contribution in [0.2, 0.25) is 0 Å². The van der Waals surface area contributed by atoms with Gasteiger partial charge in [-0.1, -0.05) is 0 Å². The SMILES string of the molecule is NS(=O)(=O)c1c[nH]c2ncc(-c3ccn[nH]3)cc12. The molecule has 0 amide bonds. The first-order valence-corrected chi connectivity index (χ1v) is 6.60. The summed E-state index contributed by atoms with van der Waals surface area (Å²) in [5, 5.41) is 12.2. The van der Waals surface area contributed by atoms with Crippen LogP contribution in [0.1, 0.15) is 0 Å². The summed E-state index contributed by atoms with van der Waals surface area (Å²) in [5.74, 6) is 0. The minimum absolute atomic E-state index is 0.0337. The molecule has 0 bridgehead atoms. The first-order chi connectivity index (χ1) is 8.55. The van der Waals surface area contributed by atoms with Crippen LogP contribution >= 0.6 is 0 Å². The Bertz CT molecular complexity index is 804. The fourth-order valence-electron chi connectivity index (χ4n) is 1.78. The lowest BCUT2D eigenvalue weighted by atomic mass is 10.2. The number of hydrogen-bond acceptors (Lipinski definition) is 4. The van der Waals surface area contributed by atoms with Crippen molar-refractivity contribution >= 4 is 21.1 Å². The van der Waals surface area contributed by atoms with Gasteiger partial charge in [-0.3, -0.25) is 5.10 Å². The molecule has 0 spiro atoms. The molecular formula is C10H9N5O2S. The molecule has 0 radical (unpaired) electrons. The van der Waals surface area contributed by atoms with Crippen LogP contribution in [0.25, 0.3) is 22.3 Å². The van der Waals surface area contributed by atoms with E-state index in [2.05, 4.69) is 20.2 Å². The molecule has 0 aliphatic rings. The van der Waals surface area contributed by atoms with E-state index >= 15 is 0 Å². The molecule has 0 aromatic carbocycles. The molecule has 0 aliphatic heterocycles. The van der Waals surface area contributed by atoms with E-state index in [1.165, 1.54) is 6.20 Å². The minimum Gasteiger partial charge on any atom is -0.345 e. The standard InChI is InChI=1S/C10H9N5O2S/c11-18(16,17)9-5-13-10-7(9)3-6(4-12-10)8-1-2-14-15-8/h1-5H,(H,12,13)(H,14,15)(H2,11,16,17). The monoisotopic (exact) mass is 263 g/mol. The molecule has 3 rings (SSSR count). The van der Waals surface area contributed by atoms with Gasteiger partial charge in [0, 0.05) is 29.5 Å². The maximum Gasteiger partial charge on any atom is 0.240 e. The number of H-pyrrole nitrogens is 2. The van der Waals surface area contributed by atoms with Gasteiger partial charge in [0.2, 0.25) is 10.0 Å². The van der Waals surface area contributed by atoms with Crippen LogP contribution in [0.3, 0.4) is 0 Å². The fourth-order valence-corrected chi connectivity index (χ4v) is 2.46. The number of nitrogens with zero attached hydrogens (tertiary/aromatic N) is 2. The van der Waals surface area contributed by atoms with Crippen LogP contribution in [0.5, 0.6) is 0 Å². The maximum atomic E-state index is 11.4. The zero-order valence-electron chi connectivity index (χ0n) is 9.08. The summed E-state index contributed by atoms with van der Waals surface area (Å²) >= 11 is 0. The summed E-state index contributed by atoms with van der Waals surface area (Å²) in [5.41, 5.74) is 1.97. The molecule has 0 aliphatic carbocycles. The number of pyridine rings is 1. The molecule has 0 atom stereocenters. The van der Waals surface area contributed by atoms with Crippen molar-refractivity contribution in [2.24, 2.45) is 5.14 Å². The molecular weight excluding hydrogens is 254 g/mol. The molecule has 3 aromatic heterocycles. The van der Waals surface area contributed by atoms with Crippen LogP contribution in [-0.4, -0.2) is 28.6 Å². The van der Waals surface area contributed by atoms with Crippen LogP contribution < -0.4 is 5.14 Å². The van der Waals surface area contributed by atoms with E-state index in [0.717, 1.165) is 11.3 Å². The van der Waals surface area contributed by atoms with Crippen molar-refractivity contribution < 1.29 is 8.42 Å². The van der Waals surface area contributed by atoms with Gasteiger partial charge < -0.3 is 4.98 Å². The van der Waals surface area contributed by atoms with E-state index in [0.29, 0.717) is 11.0 Å². The van der Waals surface area contributed by atoms with Gasteiger partial charge >= 0.3 is 0 Å². The average Bonchev–Trinajstić information content (AvgIpc) is 2.96. The number of nitrogens with two attached hydrogens (primary N) is 1. The molecule has 18 heavy (non-hydrogen) atoms. The highest BCUT2D eigenvalue weighted by Crippen LogP contribution is 2.25. The zero-order valence-corrected chi connectivity index (χ0v) is 9.90. The summed E-state index contributed by atoms with van der Waals surface area (Å²) in [6.45, 7) is 0. The Hall–Kier alpha value is -2.19. The topological polar surface area (TPSA) is 118 Å². The molecule has 0 fully saturated rings. The molecule has 0 saturated heterocycles. The predicted molar refractivity (Wildman–Crippen MR) is 65.0 cm³/mol. The average molecular weight is 263 g/mol. The van der Waals surface area contributed by atoms with Crippen molar-refractivity contribution in [3.8, 4) is 11.3 Å². The zero-order chi connectivity index (χ0) is 12.8. The van der Waals surface area contributed by atoms with Crippen LogP contribution in [0, 0.1) is 0 Å². The second-order valence-corrected chi connectivity index (χ2v) is 5.32. The third kappa shape index (κ3) is 1.67. The Morgan fingerprint density at radius 3 is 2.83 bits per heavy atom. The Morgan fingerprint density at radius 1 is 1.33 bits per heavy atom. The van der Waals surface area contributed by atoms with Crippen LogP contribution in [0.4, 0.5) is 0 Å². The second kappa shape index (κ2) is 3.65. The largest absolute Gasteiger partial charge is 0.345 e. The van der Waals surface area contributed by atoms with E-state index in [-0.39, 0.29) is 4.90 Å². The summed E-state index contributed by atoms with van der Waals surface area (Å²) in [6, 6.07) is 3.47. The fraction of sp³-hybridized carbons (Fsp3) is 0. The van der Waals surface area contributed by atoms with Crippen molar-refractivity contribution in [3.63, 3.8) is 0 Å². The van der Waals surface area contributed by atoms with Crippen molar-refractivity contribution in [1.82, 2.24) is 20.2 Å². The van der Waals surface area contributed by atoms with Gasteiger partial charge in [-0.15, -0.1) is 0 Å². The highest BCUT2D eigenvalue weighted by Gasteiger charge is 2.15. The predicted octanol–water partition coefficient (Wildman–Crippen LogP) is 0.600. The third-order valence-electron chi connectivity index (χ3n) is 2.61. The van der Waals surface area contributed by atoms with E-state index in [4.69, 9.17) is 5.14 Å². The van der Waals surface area contributed by atoms with Crippen molar-refractivity contribution in [2.75, 3.05) is 0 Å². The maximum absolute atomic E-state index is 11.4. The number of sulfonamides is 1. The molecule has 0 unspecified atom stereocenters. The van der Waals surface area contributed by atoms with Gasteiger partial charge in [-0.2, -0.15) is 5.10 Å². The Morgan fingerprint density at radius 2 is 2.17 bits per heavy atom. The Kier molecular flexibility index (Phi) is 2.22. The lowest BCUT2D eigenvalue weighted by Crippen LogP contribution is -2.11. The van der Waals surface area contributed by atoms with Gasteiger partial charge in [0.15, 0.2) is 0 Å². The number of primary sulfonamides is 1. The molecule has 7 nitrogen and oxygen atoms in total. The summed E-state index contributed by atoms with van der Waals surface area (Å²) in [4.78, 5) is 6.95. The number of rotatable bonds is 2. The third-order valence-corrected chi connectivity index (χ3v) is 3.56. The van der Waals surface area contributed by atoms with E-state index in [9.17, 15) is 8.42 Å². The summed E-state index contributed by atoms with van der Waals surface area (Å²) in [7, 11) is -3.77. The quantitative estimate of drug-likeness (QED) is 0.627. The van der Waals surface area contributed by atoms with Gasteiger partial charge in [-0.05, 0) is 12.1 Å². The van der Waals surface area contributed by atoms with Gasteiger partial charge in [0.25, 0.3) is 0 Å². The Labute approximate surface area is 102 Å². The first-order valence-electron chi connectivity index (χ1n) is 5.05. The second-order valence-electron chi connectivity index (χ2n) is 3.79. The first kappa shape index (κ1) is 10.9. The smallest absolute Gasteiger partial charge is 0.240 e. The lowest BCUT2D eigenvalue weighted by molar-refractivity contribution is 0.598. The van der Waals surface area contributed by atoms with Gasteiger partial charge in [0.1, 0.15) is 10.5 Å². The number of hydrogen-bond donors (Lipinski definition) is 3. The molecule has 3 aromatic rings. The summed E-state index contributed by atoms with van der Waals surface area (Å²) in [6.07, 6.45) is 4.57. The van der Waals surface area contributed by atoms with E-state index < -0.39 is 10.0 Å². The minimum atomic E-state index is -3.77. The van der Waals surface area contributed by atoms with Crippen molar-refractivity contribution in [1.29, 1.82) is 0 Å². The van der Waals surface area contributed by atoms with Gasteiger partial charge in [-0.25, -0.2) is 18.5 Å². The molecule has 4 N–H and O–H groups in total. The lowest BCUT2D eigenvalue weighted by Gasteiger charge is -1.99. The van der Waals surface area contributed by atoms with E-state index in [1.54, 1.807) is 24.5 Å². The molecule has 3 heterocycles. The number of fused-ring (bicyclic) bond motifs is 1. The Balaban J connectivity index is 2.28. The number of nitrogens with one attached hydrogen (secondary N) is 2. The highest BCUT2D eigenvalue weighted by molar-refractivity contribution is 7.89. The number of aromatic nitrogens is 4. The van der Waals surface area contributed by atoms with Crippen molar-refractivity contribution in [3.05, 3.63) is 30.7 Å².